The maximum absolute atomic E-state index is 12.4. The number of ether oxygens (including phenoxy) is 5. The molecule has 0 saturated carbocycles. The molecule has 1 aliphatic heterocycles. The second-order valence-corrected chi connectivity index (χ2v) is 11.2. The molecular weight excluding hydrogens is 548 g/mol. The Morgan fingerprint density at radius 2 is 1.12 bits per heavy atom. The molecule has 0 amide bonds. The van der Waals surface area contributed by atoms with Crippen molar-refractivity contribution in [3.05, 3.63) is 138 Å². The molecule has 1 saturated heterocycles. The molecule has 6 nitrogen and oxygen atoms in total. The molecule has 1 fully saturated rings. The summed E-state index contributed by atoms with van der Waals surface area (Å²) in [6.07, 6.45) is -2.38. The quantitative estimate of drug-likeness (QED) is 0.160. The Balaban J connectivity index is 1.44. The second kappa shape index (κ2) is 15.7. The number of hydrogen-bond donors (Lipinski definition) is 0. The van der Waals surface area contributed by atoms with Crippen LogP contribution in [0.25, 0.3) is 0 Å². The first kappa shape index (κ1) is 30.0. The summed E-state index contributed by atoms with van der Waals surface area (Å²) < 4.78 is 32.0. The molecule has 0 spiro atoms. The third-order valence-electron chi connectivity index (χ3n) is 6.85. The molecule has 0 bridgehead atoms. The average molecular weight is 585 g/mol. The van der Waals surface area contributed by atoms with E-state index in [1.807, 2.05) is 121 Å². The molecule has 5 unspecified atom stereocenters. The van der Waals surface area contributed by atoms with E-state index in [0.29, 0.717) is 19.8 Å². The van der Waals surface area contributed by atoms with E-state index in [0.717, 1.165) is 21.6 Å². The summed E-state index contributed by atoms with van der Waals surface area (Å²) in [4.78, 5) is 13.4. The molecule has 5 rings (SSSR count). The molecule has 0 N–H and O–H groups in total. The molecule has 5 atom stereocenters. The van der Waals surface area contributed by atoms with Crippen LogP contribution in [0.5, 0.6) is 0 Å². The van der Waals surface area contributed by atoms with Gasteiger partial charge in [-0.3, -0.25) is 4.79 Å². The molecule has 0 aromatic heterocycles. The minimum atomic E-state index is -0.720. The number of thioether (sulfide) groups is 1. The van der Waals surface area contributed by atoms with Crippen molar-refractivity contribution >= 4 is 17.7 Å². The van der Waals surface area contributed by atoms with Crippen LogP contribution in [0.4, 0.5) is 0 Å². The van der Waals surface area contributed by atoms with Crippen molar-refractivity contribution < 1.29 is 28.5 Å². The Morgan fingerprint density at radius 1 is 0.643 bits per heavy atom. The van der Waals surface area contributed by atoms with E-state index in [-0.39, 0.29) is 6.61 Å². The molecule has 218 valence electrons. The first-order valence-electron chi connectivity index (χ1n) is 14.1. The van der Waals surface area contributed by atoms with Gasteiger partial charge in [0.15, 0.2) is 6.10 Å². The van der Waals surface area contributed by atoms with Crippen molar-refractivity contribution in [3.8, 4) is 0 Å². The zero-order valence-electron chi connectivity index (χ0n) is 23.6. The highest BCUT2D eigenvalue weighted by Crippen LogP contribution is 2.38. The number of carbonyl (C=O) groups is 1. The van der Waals surface area contributed by atoms with Gasteiger partial charge in [0, 0.05) is 11.8 Å². The van der Waals surface area contributed by atoms with E-state index in [2.05, 4.69) is 0 Å². The fourth-order valence-corrected chi connectivity index (χ4v) is 5.97. The number of esters is 1. The van der Waals surface area contributed by atoms with Crippen molar-refractivity contribution in [1.82, 2.24) is 0 Å². The first-order valence-corrected chi connectivity index (χ1v) is 15.0. The zero-order chi connectivity index (χ0) is 29.0. The minimum Gasteiger partial charge on any atom is -0.456 e. The smallest absolute Gasteiger partial charge is 0.303 e. The number of carbonyl (C=O) groups excluding carboxylic acids is 1. The lowest BCUT2D eigenvalue weighted by molar-refractivity contribution is -0.249. The fourth-order valence-electron chi connectivity index (χ4n) is 4.85. The summed E-state index contributed by atoms with van der Waals surface area (Å²) >= 11 is 1.50. The highest BCUT2D eigenvalue weighted by Gasteiger charge is 2.50. The Bertz CT molecular complexity index is 1340. The third kappa shape index (κ3) is 8.77. The highest BCUT2D eigenvalue weighted by atomic mass is 32.2. The van der Waals surface area contributed by atoms with Gasteiger partial charge in [-0.1, -0.05) is 121 Å². The van der Waals surface area contributed by atoms with Gasteiger partial charge in [0.1, 0.15) is 23.7 Å². The minimum absolute atomic E-state index is 0.276. The average Bonchev–Trinajstić information content (AvgIpc) is 3.02. The van der Waals surface area contributed by atoms with Crippen LogP contribution in [0.2, 0.25) is 0 Å². The van der Waals surface area contributed by atoms with Crippen LogP contribution in [0.15, 0.2) is 126 Å². The summed E-state index contributed by atoms with van der Waals surface area (Å²) in [6.45, 7) is 2.80. The van der Waals surface area contributed by atoms with Gasteiger partial charge >= 0.3 is 5.97 Å². The lowest BCUT2D eigenvalue weighted by Crippen LogP contribution is -2.60. The summed E-state index contributed by atoms with van der Waals surface area (Å²) in [5, 5.41) is 0. The third-order valence-corrected chi connectivity index (χ3v) is 8.01. The van der Waals surface area contributed by atoms with Crippen LogP contribution in [-0.2, 0) is 48.3 Å². The topological polar surface area (TPSA) is 63.2 Å². The summed E-state index contributed by atoms with van der Waals surface area (Å²) in [7, 11) is 0. The van der Waals surface area contributed by atoms with Crippen LogP contribution in [0.3, 0.4) is 0 Å². The maximum atomic E-state index is 12.4. The van der Waals surface area contributed by atoms with E-state index < -0.39 is 35.8 Å². The van der Waals surface area contributed by atoms with Gasteiger partial charge in [-0.05, 0) is 28.8 Å². The van der Waals surface area contributed by atoms with Gasteiger partial charge in [-0.2, -0.15) is 0 Å². The SMILES string of the molecule is CC(=O)OC1C(Sc2ccccc2)OC(COCc2ccccc2)C(OCc2ccccc2)C1OCc1ccccc1. The van der Waals surface area contributed by atoms with Crippen LogP contribution < -0.4 is 0 Å². The molecule has 4 aromatic carbocycles. The number of hydrogen-bond acceptors (Lipinski definition) is 7. The van der Waals surface area contributed by atoms with Crippen LogP contribution >= 0.6 is 11.8 Å². The van der Waals surface area contributed by atoms with Crippen molar-refractivity contribution in [2.45, 2.75) is 61.5 Å². The van der Waals surface area contributed by atoms with Crippen molar-refractivity contribution in [2.24, 2.45) is 0 Å². The summed E-state index contributed by atoms with van der Waals surface area (Å²) in [5.74, 6) is -0.406. The summed E-state index contributed by atoms with van der Waals surface area (Å²) in [6, 6.07) is 39.9. The van der Waals surface area contributed by atoms with E-state index >= 15 is 0 Å². The molecule has 7 heteroatoms. The maximum Gasteiger partial charge on any atom is 0.303 e. The lowest BCUT2D eigenvalue weighted by Gasteiger charge is -2.45. The molecule has 0 radical (unpaired) electrons. The van der Waals surface area contributed by atoms with Crippen molar-refractivity contribution in [2.75, 3.05) is 6.61 Å². The van der Waals surface area contributed by atoms with Gasteiger partial charge < -0.3 is 23.7 Å². The van der Waals surface area contributed by atoms with Gasteiger partial charge in [-0.25, -0.2) is 0 Å². The van der Waals surface area contributed by atoms with Crippen molar-refractivity contribution in [3.63, 3.8) is 0 Å². The largest absolute Gasteiger partial charge is 0.456 e. The normalized spacial score (nSPS) is 22.0. The second-order valence-electron chi connectivity index (χ2n) is 10.1. The first-order chi connectivity index (χ1) is 20.7. The van der Waals surface area contributed by atoms with Crippen LogP contribution in [0.1, 0.15) is 23.6 Å². The molecule has 0 aliphatic carbocycles. The molecule has 42 heavy (non-hydrogen) atoms. The lowest BCUT2D eigenvalue weighted by atomic mass is 9.99. The summed E-state index contributed by atoms with van der Waals surface area (Å²) in [5.41, 5.74) is 2.56. The van der Waals surface area contributed by atoms with E-state index in [1.54, 1.807) is 0 Å². The Hall–Kier alpha value is -3.46. The Labute approximate surface area is 251 Å². The van der Waals surface area contributed by atoms with Crippen LogP contribution in [-0.4, -0.2) is 42.4 Å². The van der Waals surface area contributed by atoms with Gasteiger partial charge in [0.25, 0.3) is 0 Å². The van der Waals surface area contributed by atoms with E-state index in [9.17, 15) is 4.79 Å². The van der Waals surface area contributed by atoms with Crippen molar-refractivity contribution in [1.29, 1.82) is 0 Å². The van der Waals surface area contributed by atoms with Gasteiger partial charge in [0.05, 0.1) is 26.4 Å². The predicted octanol–water partition coefficient (Wildman–Crippen LogP) is 6.82. The Kier molecular flexibility index (Phi) is 11.2. The van der Waals surface area contributed by atoms with Gasteiger partial charge in [0.2, 0.25) is 0 Å². The monoisotopic (exact) mass is 584 g/mol. The number of rotatable bonds is 13. The molecule has 1 aliphatic rings. The van der Waals surface area contributed by atoms with E-state index in [4.69, 9.17) is 23.7 Å². The van der Waals surface area contributed by atoms with E-state index in [1.165, 1.54) is 18.7 Å². The predicted molar refractivity (Wildman–Crippen MR) is 163 cm³/mol. The number of benzene rings is 4. The fraction of sp³-hybridized carbons (Fsp3) is 0.286. The van der Waals surface area contributed by atoms with Crippen LogP contribution in [0, 0.1) is 0 Å². The Morgan fingerprint density at radius 3 is 1.64 bits per heavy atom. The molecular formula is C35H36O6S. The standard InChI is InChI=1S/C35H36O6S/c1-26(36)40-34-33(39-24-29-18-10-4-11-19-29)32(38-23-28-16-8-3-9-17-28)31(25-37-22-27-14-6-2-7-15-27)41-35(34)42-30-20-12-5-13-21-30/h2-21,31-35H,22-25H2,1H3. The van der Waals surface area contributed by atoms with Gasteiger partial charge in [-0.15, -0.1) is 0 Å². The molecule has 1 heterocycles. The molecule has 4 aromatic rings. The zero-order valence-corrected chi connectivity index (χ0v) is 24.4. The highest BCUT2D eigenvalue weighted by molar-refractivity contribution is 7.99.